The molecule has 1 atom stereocenters. The highest BCUT2D eigenvalue weighted by Gasteiger charge is 2.19. The number of hydrogen-bond acceptors (Lipinski definition) is 2. The van der Waals surface area contributed by atoms with E-state index in [0.29, 0.717) is 18.7 Å². The Morgan fingerprint density at radius 1 is 1.14 bits per heavy atom. The molecule has 3 nitrogen and oxygen atoms in total. The highest BCUT2D eigenvalue weighted by molar-refractivity contribution is 5.94. The summed E-state index contributed by atoms with van der Waals surface area (Å²) >= 11 is 0. The van der Waals surface area contributed by atoms with Gasteiger partial charge in [0.2, 0.25) is 0 Å². The van der Waals surface area contributed by atoms with Crippen LogP contribution in [0.5, 0.6) is 0 Å². The molecule has 3 rings (SSSR count). The maximum Gasteiger partial charge on any atom is 0.251 e. The second kappa shape index (κ2) is 6.32. The number of nitrogens with one attached hydrogen (secondary N) is 1. The molecule has 2 aromatic rings. The predicted molar refractivity (Wildman–Crippen MR) is 87.0 cm³/mol. The number of ether oxygens (including phenoxy) is 1. The molecular weight excluding hydrogens is 274 g/mol. The van der Waals surface area contributed by atoms with E-state index in [1.165, 1.54) is 11.1 Å². The van der Waals surface area contributed by atoms with Gasteiger partial charge in [0.1, 0.15) is 0 Å². The van der Waals surface area contributed by atoms with E-state index in [0.717, 1.165) is 17.5 Å². The summed E-state index contributed by atoms with van der Waals surface area (Å²) in [6, 6.07) is 14.2. The molecule has 1 unspecified atom stereocenters. The Balaban J connectivity index is 1.60. The Kier molecular flexibility index (Phi) is 4.25. The first-order valence-corrected chi connectivity index (χ1v) is 7.67. The van der Waals surface area contributed by atoms with E-state index < -0.39 is 0 Å². The number of carbonyl (C=O) groups excluding carboxylic acids is 1. The third-order valence-corrected chi connectivity index (χ3v) is 4.01. The molecule has 0 radical (unpaired) electrons. The van der Waals surface area contributed by atoms with E-state index in [1.807, 2.05) is 32.0 Å². The summed E-state index contributed by atoms with van der Waals surface area (Å²) in [6.45, 7) is 5.18. The first kappa shape index (κ1) is 14.8. The van der Waals surface area contributed by atoms with Gasteiger partial charge in [-0.15, -0.1) is 0 Å². The molecule has 0 bridgehead atoms. The molecule has 1 amide bonds. The summed E-state index contributed by atoms with van der Waals surface area (Å²) in [6.07, 6.45) is 0.897. The summed E-state index contributed by atoms with van der Waals surface area (Å²) < 4.78 is 5.82. The van der Waals surface area contributed by atoms with E-state index in [-0.39, 0.29) is 12.0 Å². The van der Waals surface area contributed by atoms with Gasteiger partial charge >= 0.3 is 0 Å². The van der Waals surface area contributed by atoms with Crippen molar-refractivity contribution in [3.8, 4) is 0 Å². The largest absolute Gasteiger partial charge is 0.371 e. The molecule has 1 N–H and O–H groups in total. The van der Waals surface area contributed by atoms with E-state index in [1.54, 1.807) is 0 Å². The molecule has 2 aromatic carbocycles. The fourth-order valence-electron chi connectivity index (χ4n) is 2.95. The van der Waals surface area contributed by atoms with Crippen molar-refractivity contribution < 1.29 is 9.53 Å². The fraction of sp³-hybridized carbons (Fsp3) is 0.316. The van der Waals surface area contributed by atoms with Crippen LogP contribution in [0.15, 0.2) is 42.5 Å². The van der Waals surface area contributed by atoms with Gasteiger partial charge in [-0.1, -0.05) is 41.5 Å². The van der Waals surface area contributed by atoms with Crippen LogP contribution >= 0.6 is 0 Å². The molecule has 3 heteroatoms. The number of hydrogen-bond donors (Lipinski definition) is 1. The van der Waals surface area contributed by atoms with Gasteiger partial charge in [-0.25, -0.2) is 0 Å². The standard InChI is InChI=1S/C19H21NO2/c1-13-7-14(2)9-17(8-13)19(21)20-11-18-10-15-5-3-4-6-16(15)12-22-18/h3-9,18H,10-12H2,1-2H3,(H,20,21). The number of aryl methyl sites for hydroxylation is 2. The van der Waals surface area contributed by atoms with Gasteiger partial charge in [-0.05, 0) is 37.1 Å². The molecule has 114 valence electrons. The highest BCUT2D eigenvalue weighted by Crippen LogP contribution is 2.20. The van der Waals surface area contributed by atoms with Crippen molar-refractivity contribution in [3.63, 3.8) is 0 Å². The van der Waals surface area contributed by atoms with Gasteiger partial charge in [-0.2, -0.15) is 0 Å². The molecule has 1 heterocycles. The van der Waals surface area contributed by atoms with Crippen LogP contribution in [0.2, 0.25) is 0 Å². The van der Waals surface area contributed by atoms with Gasteiger partial charge in [0.05, 0.1) is 12.7 Å². The third kappa shape index (κ3) is 3.37. The Labute approximate surface area is 131 Å². The zero-order valence-electron chi connectivity index (χ0n) is 13.1. The molecule has 0 aromatic heterocycles. The Bertz CT molecular complexity index is 673. The van der Waals surface area contributed by atoms with E-state index in [2.05, 4.69) is 29.6 Å². The first-order chi connectivity index (χ1) is 10.6. The second-order valence-electron chi connectivity index (χ2n) is 5.99. The van der Waals surface area contributed by atoms with Gasteiger partial charge in [0.25, 0.3) is 5.91 Å². The monoisotopic (exact) mass is 295 g/mol. The van der Waals surface area contributed by atoms with Gasteiger partial charge in [0, 0.05) is 18.5 Å². The van der Waals surface area contributed by atoms with Crippen molar-refractivity contribution in [1.82, 2.24) is 5.32 Å². The SMILES string of the molecule is Cc1cc(C)cc(C(=O)NCC2Cc3ccccc3CO2)c1. The molecule has 1 aliphatic rings. The minimum absolute atomic E-state index is 0.0331. The third-order valence-electron chi connectivity index (χ3n) is 4.01. The van der Waals surface area contributed by atoms with Crippen LogP contribution in [0.3, 0.4) is 0 Å². The molecule has 1 aliphatic heterocycles. The number of amides is 1. The van der Waals surface area contributed by atoms with Crippen molar-refractivity contribution >= 4 is 5.91 Å². The minimum atomic E-state index is -0.0331. The number of fused-ring (bicyclic) bond motifs is 1. The Morgan fingerprint density at radius 2 is 1.82 bits per heavy atom. The van der Waals surface area contributed by atoms with E-state index >= 15 is 0 Å². The van der Waals surface area contributed by atoms with Gasteiger partial charge < -0.3 is 10.1 Å². The molecular formula is C19H21NO2. The average molecular weight is 295 g/mol. The lowest BCUT2D eigenvalue weighted by atomic mass is 9.99. The minimum Gasteiger partial charge on any atom is -0.371 e. The zero-order chi connectivity index (χ0) is 15.5. The van der Waals surface area contributed by atoms with Crippen LogP contribution in [0.1, 0.15) is 32.6 Å². The van der Waals surface area contributed by atoms with Crippen LogP contribution in [-0.4, -0.2) is 18.6 Å². The summed E-state index contributed by atoms with van der Waals surface area (Å²) in [5, 5.41) is 2.99. The fourth-order valence-corrected chi connectivity index (χ4v) is 2.95. The molecule has 0 aliphatic carbocycles. The molecule has 0 fully saturated rings. The van der Waals surface area contributed by atoms with Crippen LogP contribution in [0, 0.1) is 13.8 Å². The van der Waals surface area contributed by atoms with Crippen LogP contribution in [0.4, 0.5) is 0 Å². The summed E-state index contributed by atoms with van der Waals surface area (Å²) in [4.78, 5) is 12.3. The molecule has 0 spiro atoms. The molecule has 0 saturated heterocycles. The predicted octanol–water partition coefficient (Wildman–Crippen LogP) is 3.17. The zero-order valence-corrected chi connectivity index (χ0v) is 13.1. The van der Waals surface area contributed by atoms with Crippen LogP contribution in [-0.2, 0) is 17.8 Å². The van der Waals surface area contributed by atoms with E-state index in [4.69, 9.17) is 4.74 Å². The smallest absolute Gasteiger partial charge is 0.251 e. The van der Waals surface area contributed by atoms with Crippen LogP contribution in [0.25, 0.3) is 0 Å². The summed E-state index contributed by atoms with van der Waals surface area (Å²) in [7, 11) is 0. The lowest BCUT2D eigenvalue weighted by Gasteiger charge is -2.25. The normalized spacial score (nSPS) is 16.9. The molecule has 0 saturated carbocycles. The lowest BCUT2D eigenvalue weighted by molar-refractivity contribution is 0.0285. The Morgan fingerprint density at radius 3 is 2.55 bits per heavy atom. The number of carbonyl (C=O) groups is 1. The maximum atomic E-state index is 12.3. The van der Waals surface area contributed by atoms with E-state index in [9.17, 15) is 4.79 Å². The van der Waals surface area contributed by atoms with Crippen molar-refractivity contribution in [3.05, 3.63) is 70.3 Å². The summed E-state index contributed by atoms with van der Waals surface area (Å²) in [5.41, 5.74) is 5.49. The van der Waals surface area contributed by atoms with Crippen molar-refractivity contribution in [2.75, 3.05) is 6.54 Å². The van der Waals surface area contributed by atoms with Crippen LogP contribution < -0.4 is 5.32 Å². The highest BCUT2D eigenvalue weighted by atomic mass is 16.5. The van der Waals surface area contributed by atoms with Crippen molar-refractivity contribution in [1.29, 1.82) is 0 Å². The second-order valence-corrected chi connectivity index (χ2v) is 5.99. The molecule has 22 heavy (non-hydrogen) atoms. The van der Waals surface area contributed by atoms with Crippen molar-refractivity contribution in [2.24, 2.45) is 0 Å². The lowest BCUT2D eigenvalue weighted by Crippen LogP contribution is -2.36. The van der Waals surface area contributed by atoms with Gasteiger partial charge in [-0.3, -0.25) is 4.79 Å². The topological polar surface area (TPSA) is 38.3 Å². The average Bonchev–Trinajstić information content (AvgIpc) is 2.51. The summed E-state index contributed by atoms with van der Waals surface area (Å²) in [5.74, 6) is -0.0331. The number of rotatable bonds is 3. The van der Waals surface area contributed by atoms with Gasteiger partial charge in [0.15, 0.2) is 0 Å². The first-order valence-electron chi connectivity index (χ1n) is 7.67. The maximum absolute atomic E-state index is 12.3. The quantitative estimate of drug-likeness (QED) is 0.944. The van der Waals surface area contributed by atoms with Crippen molar-refractivity contribution in [2.45, 2.75) is 33.0 Å². The Hall–Kier alpha value is -2.13. The number of benzene rings is 2.